The van der Waals surface area contributed by atoms with Crippen molar-refractivity contribution in [3.05, 3.63) is 0 Å². The first-order chi connectivity index (χ1) is 8.31. The Morgan fingerprint density at radius 2 is 1.94 bits per heavy atom. The first kappa shape index (κ1) is 12.9. The zero-order valence-corrected chi connectivity index (χ0v) is 11.0. The minimum atomic E-state index is 0.709. The largest absolute Gasteiger partial charge is 0.314 e. The van der Waals surface area contributed by atoms with Gasteiger partial charge in [0.2, 0.25) is 0 Å². The minimum Gasteiger partial charge on any atom is -0.314 e. The molecule has 0 aromatic heterocycles. The maximum atomic E-state index is 8.48. The van der Waals surface area contributed by atoms with Gasteiger partial charge in [-0.05, 0) is 52.1 Å². The van der Waals surface area contributed by atoms with E-state index in [2.05, 4.69) is 23.3 Å². The van der Waals surface area contributed by atoms with Crippen LogP contribution in [0.1, 0.15) is 51.4 Å². The number of fused-ring (bicyclic) bond motifs is 2. The summed E-state index contributed by atoms with van der Waals surface area (Å²) < 4.78 is 0. The molecule has 3 heteroatoms. The van der Waals surface area contributed by atoms with Gasteiger partial charge in [-0.3, -0.25) is 0 Å². The van der Waals surface area contributed by atoms with E-state index in [1.165, 1.54) is 32.1 Å². The molecule has 2 atom stereocenters. The minimum absolute atomic E-state index is 0.709. The van der Waals surface area contributed by atoms with Crippen LogP contribution < -0.4 is 5.32 Å². The van der Waals surface area contributed by atoms with Crippen LogP contribution in [0.3, 0.4) is 0 Å². The van der Waals surface area contributed by atoms with E-state index in [4.69, 9.17) is 5.26 Å². The van der Waals surface area contributed by atoms with Gasteiger partial charge in [-0.2, -0.15) is 5.26 Å². The maximum Gasteiger partial charge on any atom is 0.0621 e. The summed E-state index contributed by atoms with van der Waals surface area (Å²) >= 11 is 0. The van der Waals surface area contributed by atoms with Gasteiger partial charge in [-0.25, -0.2) is 0 Å². The lowest BCUT2D eigenvalue weighted by molar-refractivity contribution is 0.0486. The van der Waals surface area contributed by atoms with Crippen molar-refractivity contribution in [2.24, 2.45) is 0 Å². The summed E-state index contributed by atoms with van der Waals surface area (Å²) in [6, 6.07) is 4.57. The zero-order valence-electron chi connectivity index (χ0n) is 11.0. The maximum absolute atomic E-state index is 8.48. The van der Waals surface area contributed by atoms with E-state index < -0.39 is 0 Å². The van der Waals surface area contributed by atoms with E-state index in [0.717, 1.165) is 37.5 Å². The Bertz CT molecular complexity index is 257. The lowest BCUT2D eigenvalue weighted by Crippen LogP contribution is -2.54. The Kier molecular flexibility index (Phi) is 4.82. The van der Waals surface area contributed by atoms with Gasteiger partial charge < -0.3 is 10.2 Å². The Balaban J connectivity index is 1.67. The summed E-state index contributed by atoms with van der Waals surface area (Å²) in [6.45, 7) is 1.09. The van der Waals surface area contributed by atoms with E-state index in [-0.39, 0.29) is 0 Å². The van der Waals surface area contributed by atoms with Crippen molar-refractivity contribution in [3.63, 3.8) is 0 Å². The van der Waals surface area contributed by atoms with Crippen LogP contribution in [0.5, 0.6) is 0 Å². The lowest BCUT2D eigenvalue weighted by Gasteiger charge is -2.47. The summed E-state index contributed by atoms with van der Waals surface area (Å²) in [6.07, 6.45) is 9.75. The molecule has 2 aliphatic rings. The van der Waals surface area contributed by atoms with Crippen LogP contribution in [0, 0.1) is 11.3 Å². The molecule has 2 heterocycles. The molecule has 0 radical (unpaired) electrons. The van der Waals surface area contributed by atoms with Crippen molar-refractivity contribution in [1.29, 1.82) is 5.26 Å². The molecule has 2 saturated heterocycles. The number of hydrogen-bond acceptors (Lipinski definition) is 3. The van der Waals surface area contributed by atoms with Crippen molar-refractivity contribution >= 4 is 0 Å². The van der Waals surface area contributed by atoms with E-state index in [0.29, 0.717) is 6.42 Å². The van der Waals surface area contributed by atoms with E-state index >= 15 is 0 Å². The molecule has 1 N–H and O–H groups in total. The third kappa shape index (κ3) is 3.43. The average molecular weight is 235 g/mol. The Hall–Kier alpha value is -0.590. The summed E-state index contributed by atoms with van der Waals surface area (Å²) in [7, 11) is 2.30. The Morgan fingerprint density at radius 1 is 1.24 bits per heavy atom. The van der Waals surface area contributed by atoms with E-state index in [1.807, 2.05) is 0 Å². The molecule has 0 saturated carbocycles. The number of nitriles is 1. The first-order valence-corrected chi connectivity index (χ1v) is 7.13. The molecule has 0 spiro atoms. The third-order valence-electron chi connectivity index (χ3n) is 4.49. The van der Waals surface area contributed by atoms with Crippen molar-refractivity contribution in [2.45, 2.75) is 69.5 Å². The molecule has 17 heavy (non-hydrogen) atoms. The first-order valence-electron chi connectivity index (χ1n) is 7.13. The molecule has 2 rings (SSSR count). The summed E-state index contributed by atoms with van der Waals surface area (Å²) in [4.78, 5) is 2.61. The standard InChI is InChI=1S/C14H25N3/c1-17-13-6-5-7-14(17)11-12(10-13)16-9-4-2-3-8-15/h12-14,16H,2-7,9-11H2,1H3. The fourth-order valence-corrected chi connectivity index (χ4v) is 3.42. The SMILES string of the molecule is CN1C2CCCC1CC(NCCCCC#N)C2. The predicted octanol–water partition coefficient (Wildman–Crippen LogP) is 2.29. The fourth-order valence-electron chi connectivity index (χ4n) is 3.42. The smallest absolute Gasteiger partial charge is 0.0621 e. The Labute approximate surface area is 105 Å². The highest BCUT2D eigenvalue weighted by atomic mass is 15.2. The topological polar surface area (TPSA) is 39.1 Å². The van der Waals surface area contributed by atoms with Gasteiger partial charge in [0, 0.05) is 24.5 Å². The average Bonchev–Trinajstić information content (AvgIpc) is 2.30. The molecular weight excluding hydrogens is 210 g/mol. The summed E-state index contributed by atoms with van der Waals surface area (Å²) in [5.41, 5.74) is 0. The molecule has 2 aliphatic heterocycles. The van der Waals surface area contributed by atoms with Gasteiger partial charge in [0.05, 0.1) is 6.07 Å². The number of hydrogen-bond donors (Lipinski definition) is 1. The highest BCUT2D eigenvalue weighted by Gasteiger charge is 2.35. The summed E-state index contributed by atoms with van der Waals surface area (Å²) in [5, 5.41) is 12.2. The second-order valence-electron chi connectivity index (χ2n) is 5.64. The van der Waals surface area contributed by atoms with Crippen molar-refractivity contribution in [3.8, 4) is 6.07 Å². The Morgan fingerprint density at radius 3 is 2.59 bits per heavy atom. The molecule has 3 nitrogen and oxygen atoms in total. The second-order valence-corrected chi connectivity index (χ2v) is 5.64. The van der Waals surface area contributed by atoms with Crippen molar-refractivity contribution < 1.29 is 0 Å². The molecule has 0 aromatic rings. The molecular formula is C14H25N3. The number of nitrogens with zero attached hydrogens (tertiary/aromatic N) is 2. The monoisotopic (exact) mass is 235 g/mol. The lowest BCUT2D eigenvalue weighted by atomic mass is 9.82. The van der Waals surface area contributed by atoms with Gasteiger partial charge in [-0.1, -0.05) is 6.42 Å². The molecule has 0 amide bonds. The molecule has 2 fully saturated rings. The van der Waals surface area contributed by atoms with Gasteiger partial charge >= 0.3 is 0 Å². The molecule has 2 bridgehead atoms. The van der Waals surface area contributed by atoms with Crippen molar-refractivity contribution in [1.82, 2.24) is 10.2 Å². The van der Waals surface area contributed by atoms with Crippen LogP contribution in [0.4, 0.5) is 0 Å². The molecule has 0 aliphatic carbocycles. The van der Waals surface area contributed by atoms with Crippen LogP contribution in [-0.2, 0) is 0 Å². The van der Waals surface area contributed by atoms with E-state index in [1.54, 1.807) is 0 Å². The van der Waals surface area contributed by atoms with E-state index in [9.17, 15) is 0 Å². The van der Waals surface area contributed by atoms with Crippen LogP contribution in [0.2, 0.25) is 0 Å². The van der Waals surface area contributed by atoms with Crippen LogP contribution in [0.25, 0.3) is 0 Å². The number of rotatable bonds is 5. The normalized spacial score (nSPS) is 33.3. The number of piperidine rings is 2. The fraction of sp³-hybridized carbons (Fsp3) is 0.929. The second kappa shape index (κ2) is 6.37. The van der Waals surface area contributed by atoms with Crippen molar-refractivity contribution in [2.75, 3.05) is 13.6 Å². The zero-order chi connectivity index (χ0) is 12.1. The molecule has 0 aromatic carbocycles. The van der Waals surface area contributed by atoms with Crippen LogP contribution >= 0.6 is 0 Å². The van der Waals surface area contributed by atoms with Crippen LogP contribution in [0.15, 0.2) is 0 Å². The van der Waals surface area contributed by atoms with Crippen LogP contribution in [-0.4, -0.2) is 36.6 Å². The third-order valence-corrected chi connectivity index (χ3v) is 4.49. The molecule has 2 unspecified atom stereocenters. The van der Waals surface area contributed by atoms with Gasteiger partial charge in [0.25, 0.3) is 0 Å². The van der Waals surface area contributed by atoms with Gasteiger partial charge in [-0.15, -0.1) is 0 Å². The highest BCUT2D eigenvalue weighted by Crippen LogP contribution is 2.32. The van der Waals surface area contributed by atoms with Gasteiger partial charge in [0.1, 0.15) is 0 Å². The van der Waals surface area contributed by atoms with Gasteiger partial charge in [0.15, 0.2) is 0 Å². The summed E-state index contributed by atoms with van der Waals surface area (Å²) in [5.74, 6) is 0. The number of nitrogens with one attached hydrogen (secondary N) is 1. The number of unbranched alkanes of at least 4 members (excludes halogenated alkanes) is 2. The highest BCUT2D eigenvalue weighted by molar-refractivity contribution is 4.93. The predicted molar refractivity (Wildman–Crippen MR) is 69.7 cm³/mol. The molecule has 96 valence electrons. The quantitative estimate of drug-likeness (QED) is 0.743.